The van der Waals surface area contributed by atoms with Gasteiger partial charge < -0.3 is 19.7 Å². The summed E-state index contributed by atoms with van der Waals surface area (Å²) in [6.45, 7) is 5.21. The average molecular weight is 360 g/mol. The maximum Gasteiger partial charge on any atom is 0.253 e. The molecule has 0 unspecified atom stereocenters. The van der Waals surface area contributed by atoms with Gasteiger partial charge in [0.1, 0.15) is 6.10 Å². The fraction of sp³-hybridized carbons (Fsp3) is 0.667. The van der Waals surface area contributed by atoms with Gasteiger partial charge in [-0.05, 0) is 51.2 Å². The lowest BCUT2D eigenvalue weighted by molar-refractivity contribution is -0.130. The van der Waals surface area contributed by atoms with Gasteiger partial charge >= 0.3 is 0 Å². The molecule has 5 heteroatoms. The maximum atomic E-state index is 12.6. The smallest absolute Gasteiger partial charge is 0.253 e. The predicted octanol–water partition coefficient (Wildman–Crippen LogP) is 3.98. The fourth-order valence-corrected chi connectivity index (χ4v) is 3.67. The highest BCUT2D eigenvalue weighted by Crippen LogP contribution is 2.28. The lowest BCUT2D eigenvalue weighted by Crippen LogP contribution is -2.33. The molecule has 0 aromatic heterocycles. The molecule has 2 aliphatic rings. The quantitative estimate of drug-likeness (QED) is 0.834. The molecule has 1 aromatic rings. The van der Waals surface area contributed by atoms with Crippen molar-refractivity contribution in [2.24, 2.45) is 0 Å². The molecule has 1 amide bonds. The largest absolute Gasteiger partial charge is 0.376 e. The second-order valence-electron chi connectivity index (χ2n) is 7.37. The van der Waals surface area contributed by atoms with Gasteiger partial charge in [0.05, 0.1) is 24.1 Å². The summed E-state index contributed by atoms with van der Waals surface area (Å²) >= 11 is 0. The van der Waals surface area contributed by atoms with E-state index in [2.05, 4.69) is 16.3 Å². The predicted molar refractivity (Wildman–Crippen MR) is 105 cm³/mol. The second kappa shape index (κ2) is 9.93. The number of carbonyl (C=O) groups is 1. The highest BCUT2D eigenvalue weighted by molar-refractivity contribution is 5.97. The minimum Gasteiger partial charge on any atom is -0.376 e. The highest BCUT2D eigenvalue weighted by atomic mass is 16.5. The van der Waals surface area contributed by atoms with Gasteiger partial charge in [-0.1, -0.05) is 25.0 Å². The molecule has 0 radical (unpaired) electrons. The minimum atomic E-state index is -0.488. The van der Waals surface area contributed by atoms with E-state index in [-0.39, 0.29) is 12.0 Å². The number of nitrogens with one attached hydrogen (secondary N) is 1. The summed E-state index contributed by atoms with van der Waals surface area (Å²) < 4.78 is 11.4. The minimum absolute atomic E-state index is 0.0944. The number of carbonyl (C=O) groups excluding carboxylic acids is 1. The summed E-state index contributed by atoms with van der Waals surface area (Å²) in [6.07, 6.45) is 7.97. The van der Waals surface area contributed by atoms with Crippen molar-refractivity contribution in [2.75, 3.05) is 36.5 Å². The molecule has 0 bridgehead atoms. The van der Waals surface area contributed by atoms with E-state index >= 15 is 0 Å². The molecule has 0 saturated carbocycles. The van der Waals surface area contributed by atoms with Crippen LogP contribution in [0.4, 0.5) is 11.4 Å². The first-order valence-corrected chi connectivity index (χ1v) is 10.1. The van der Waals surface area contributed by atoms with Crippen molar-refractivity contribution in [3.05, 3.63) is 24.3 Å². The van der Waals surface area contributed by atoms with Crippen molar-refractivity contribution >= 4 is 17.3 Å². The Balaban J connectivity index is 1.56. The highest BCUT2D eigenvalue weighted by Gasteiger charge is 2.20. The number of rotatable bonds is 6. The topological polar surface area (TPSA) is 50.8 Å². The second-order valence-corrected chi connectivity index (χ2v) is 7.37. The van der Waals surface area contributed by atoms with Crippen LogP contribution in [0.1, 0.15) is 51.9 Å². The van der Waals surface area contributed by atoms with Crippen molar-refractivity contribution in [1.29, 1.82) is 0 Å². The molecular weight excluding hydrogens is 328 g/mol. The van der Waals surface area contributed by atoms with E-state index < -0.39 is 6.10 Å². The zero-order valence-corrected chi connectivity index (χ0v) is 15.9. The third-order valence-corrected chi connectivity index (χ3v) is 5.28. The molecule has 26 heavy (non-hydrogen) atoms. The number of ether oxygens (including phenoxy) is 2. The molecule has 0 spiro atoms. The number of anilines is 2. The Morgan fingerprint density at radius 3 is 2.69 bits per heavy atom. The Morgan fingerprint density at radius 1 is 1.19 bits per heavy atom. The zero-order valence-electron chi connectivity index (χ0n) is 15.9. The molecule has 5 nitrogen and oxygen atoms in total. The summed E-state index contributed by atoms with van der Waals surface area (Å²) in [5.41, 5.74) is 1.99. The Bertz CT molecular complexity index is 564. The Labute approximate surface area is 157 Å². The molecule has 2 aliphatic heterocycles. The third-order valence-electron chi connectivity index (χ3n) is 5.28. The van der Waals surface area contributed by atoms with E-state index in [9.17, 15) is 4.79 Å². The first-order chi connectivity index (χ1) is 12.7. The van der Waals surface area contributed by atoms with Gasteiger partial charge in [0.25, 0.3) is 5.91 Å². The van der Waals surface area contributed by atoms with Crippen LogP contribution in [-0.2, 0) is 14.3 Å². The summed E-state index contributed by atoms with van der Waals surface area (Å²) in [6, 6.07) is 8.09. The van der Waals surface area contributed by atoms with E-state index in [1.807, 2.05) is 25.1 Å². The van der Waals surface area contributed by atoms with E-state index in [0.717, 1.165) is 43.9 Å². The van der Waals surface area contributed by atoms with Gasteiger partial charge in [0, 0.05) is 19.7 Å². The van der Waals surface area contributed by atoms with Crippen LogP contribution in [0.25, 0.3) is 0 Å². The van der Waals surface area contributed by atoms with Crippen molar-refractivity contribution in [3.8, 4) is 0 Å². The molecule has 2 atom stereocenters. The summed E-state index contributed by atoms with van der Waals surface area (Å²) in [5, 5.41) is 3.07. The Hall–Kier alpha value is -1.59. The number of hydrogen-bond donors (Lipinski definition) is 1. The van der Waals surface area contributed by atoms with Crippen LogP contribution in [-0.4, -0.2) is 44.4 Å². The molecule has 2 saturated heterocycles. The van der Waals surface area contributed by atoms with Crippen LogP contribution >= 0.6 is 0 Å². The van der Waals surface area contributed by atoms with Gasteiger partial charge in [0.2, 0.25) is 0 Å². The van der Waals surface area contributed by atoms with E-state index in [4.69, 9.17) is 9.47 Å². The normalized spacial score (nSPS) is 22.5. The van der Waals surface area contributed by atoms with Gasteiger partial charge in [-0.2, -0.15) is 0 Å². The fourth-order valence-electron chi connectivity index (χ4n) is 3.67. The third kappa shape index (κ3) is 5.45. The van der Waals surface area contributed by atoms with Crippen molar-refractivity contribution in [3.63, 3.8) is 0 Å². The number of amides is 1. The van der Waals surface area contributed by atoms with Crippen molar-refractivity contribution in [2.45, 2.75) is 64.1 Å². The van der Waals surface area contributed by atoms with Gasteiger partial charge in [-0.15, -0.1) is 0 Å². The monoisotopic (exact) mass is 360 g/mol. The van der Waals surface area contributed by atoms with Crippen LogP contribution in [0.2, 0.25) is 0 Å². The number of para-hydroxylation sites is 2. The van der Waals surface area contributed by atoms with Crippen molar-refractivity contribution < 1.29 is 14.3 Å². The maximum absolute atomic E-state index is 12.6. The van der Waals surface area contributed by atoms with Gasteiger partial charge in [-0.3, -0.25) is 4.79 Å². The van der Waals surface area contributed by atoms with Crippen LogP contribution in [0.5, 0.6) is 0 Å². The molecule has 2 fully saturated rings. The van der Waals surface area contributed by atoms with E-state index in [0.29, 0.717) is 6.61 Å². The van der Waals surface area contributed by atoms with Crippen LogP contribution < -0.4 is 10.2 Å². The molecule has 1 aromatic carbocycles. The van der Waals surface area contributed by atoms with Crippen LogP contribution in [0.3, 0.4) is 0 Å². The lowest BCUT2D eigenvalue weighted by Gasteiger charge is -2.26. The molecule has 0 aliphatic carbocycles. The summed E-state index contributed by atoms with van der Waals surface area (Å²) in [7, 11) is 0. The lowest BCUT2D eigenvalue weighted by atomic mass is 10.1. The van der Waals surface area contributed by atoms with Gasteiger partial charge in [-0.25, -0.2) is 0 Å². The molecule has 144 valence electrons. The SMILES string of the molecule is C[C@H](OC[C@@H]1CCCCO1)C(=O)Nc1ccccc1N1CCCCCC1. The van der Waals surface area contributed by atoms with E-state index in [1.54, 1.807) is 0 Å². The average Bonchev–Trinajstić information content (AvgIpc) is 2.96. The van der Waals surface area contributed by atoms with Gasteiger partial charge in [0.15, 0.2) is 0 Å². The van der Waals surface area contributed by atoms with Crippen LogP contribution in [0.15, 0.2) is 24.3 Å². The molecule has 1 N–H and O–H groups in total. The van der Waals surface area contributed by atoms with Crippen molar-refractivity contribution in [1.82, 2.24) is 0 Å². The Morgan fingerprint density at radius 2 is 1.96 bits per heavy atom. The first-order valence-electron chi connectivity index (χ1n) is 10.1. The number of benzene rings is 1. The number of nitrogens with zero attached hydrogens (tertiary/aromatic N) is 1. The number of hydrogen-bond acceptors (Lipinski definition) is 4. The van der Waals surface area contributed by atoms with E-state index in [1.165, 1.54) is 32.1 Å². The summed E-state index contributed by atoms with van der Waals surface area (Å²) in [4.78, 5) is 15.0. The first kappa shape index (κ1) is 19.2. The molecular formula is C21H32N2O3. The standard InChI is InChI=1S/C21H32N2O3/c1-17(26-16-18-10-6-9-15-25-18)21(24)22-19-11-4-5-12-20(19)23-13-7-2-3-8-14-23/h4-5,11-12,17-18H,2-3,6-10,13-16H2,1H3,(H,22,24)/t17-,18-/m0/s1. The summed E-state index contributed by atoms with van der Waals surface area (Å²) in [5.74, 6) is -0.0944. The van der Waals surface area contributed by atoms with Crippen LogP contribution in [0, 0.1) is 0 Å². The Kier molecular flexibility index (Phi) is 7.32. The molecule has 3 rings (SSSR count). The molecule has 2 heterocycles. The zero-order chi connectivity index (χ0) is 18.2.